The van der Waals surface area contributed by atoms with Crippen LogP contribution < -0.4 is 0 Å². The number of carboxylic acids is 1. The van der Waals surface area contributed by atoms with E-state index in [9.17, 15) is 18.0 Å². The van der Waals surface area contributed by atoms with Gasteiger partial charge in [-0.25, -0.2) is 9.48 Å². The molecule has 1 heterocycles. The Balaban J connectivity index is 2.45. The van der Waals surface area contributed by atoms with E-state index in [0.29, 0.717) is 6.42 Å². The second-order valence-corrected chi connectivity index (χ2v) is 4.47. The van der Waals surface area contributed by atoms with Crippen molar-refractivity contribution in [2.45, 2.75) is 19.1 Å². The highest BCUT2D eigenvalue weighted by atomic mass is 19.4. The van der Waals surface area contributed by atoms with E-state index < -0.39 is 17.7 Å². The summed E-state index contributed by atoms with van der Waals surface area (Å²) in [4.78, 5) is 11.2. The molecule has 0 aliphatic heterocycles. The smallest absolute Gasteiger partial charge is 0.416 e. The SMILES string of the molecule is O=C(O)c1nnn(CCCO)c1-c1ccc(C(F)(F)F)cc1. The highest BCUT2D eigenvalue weighted by Crippen LogP contribution is 2.31. The molecule has 2 N–H and O–H groups in total. The first-order chi connectivity index (χ1) is 10.3. The quantitative estimate of drug-likeness (QED) is 0.881. The zero-order chi connectivity index (χ0) is 16.3. The van der Waals surface area contributed by atoms with Crippen LogP contribution in [0.25, 0.3) is 11.3 Å². The van der Waals surface area contributed by atoms with Crippen LogP contribution >= 0.6 is 0 Å². The molecule has 2 aromatic rings. The van der Waals surface area contributed by atoms with Gasteiger partial charge in [0.15, 0.2) is 5.69 Å². The van der Waals surface area contributed by atoms with E-state index in [4.69, 9.17) is 10.2 Å². The van der Waals surface area contributed by atoms with Gasteiger partial charge < -0.3 is 10.2 Å². The number of aromatic nitrogens is 3. The second-order valence-electron chi connectivity index (χ2n) is 4.47. The van der Waals surface area contributed by atoms with Gasteiger partial charge >= 0.3 is 12.1 Å². The van der Waals surface area contributed by atoms with E-state index in [0.717, 1.165) is 12.1 Å². The second kappa shape index (κ2) is 6.14. The number of alkyl halides is 3. The highest BCUT2D eigenvalue weighted by Gasteiger charge is 2.30. The minimum Gasteiger partial charge on any atom is -0.476 e. The Hall–Kier alpha value is -2.42. The Morgan fingerprint density at radius 3 is 2.36 bits per heavy atom. The van der Waals surface area contributed by atoms with Gasteiger partial charge in [-0.15, -0.1) is 5.10 Å². The first kappa shape index (κ1) is 16.0. The van der Waals surface area contributed by atoms with Crippen molar-refractivity contribution in [2.24, 2.45) is 0 Å². The van der Waals surface area contributed by atoms with Crippen molar-refractivity contribution >= 4 is 5.97 Å². The molecule has 0 spiro atoms. The lowest BCUT2D eigenvalue weighted by atomic mass is 10.1. The summed E-state index contributed by atoms with van der Waals surface area (Å²) in [5.74, 6) is -1.33. The molecule has 1 aromatic carbocycles. The van der Waals surface area contributed by atoms with Crippen LogP contribution in [0.2, 0.25) is 0 Å². The molecule has 0 radical (unpaired) electrons. The molecule has 1 aromatic heterocycles. The number of hydrogen-bond donors (Lipinski definition) is 2. The van der Waals surface area contributed by atoms with E-state index in [-0.39, 0.29) is 30.1 Å². The number of nitrogens with zero attached hydrogens (tertiary/aromatic N) is 3. The third-order valence-electron chi connectivity index (χ3n) is 2.95. The van der Waals surface area contributed by atoms with Crippen LogP contribution in [-0.2, 0) is 12.7 Å². The number of aliphatic hydroxyl groups excluding tert-OH is 1. The number of halogens is 3. The maximum absolute atomic E-state index is 12.6. The largest absolute Gasteiger partial charge is 0.476 e. The molecule has 118 valence electrons. The lowest BCUT2D eigenvalue weighted by molar-refractivity contribution is -0.137. The van der Waals surface area contributed by atoms with Crippen LogP contribution in [0.15, 0.2) is 24.3 Å². The summed E-state index contributed by atoms with van der Waals surface area (Å²) >= 11 is 0. The number of rotatable bonds is 5. The van der Waals surface area contributed by atoms with Crippen molar-refractivity contribution in [3.63, 3.8) is 0 Å². The molecular weight excluding hydrogens is 303 g/mol. The number of aromatic carboxylic acids is 1. The van der Waals surface area contributed by atoms with Gasteiger partial charge in [-0.05, 0) is 18.6 Å². The van der Waals surface area contributed by atoms with Crippen LogP contribution in [0.4, 0.5) is 13.2 Å². The Morgan fingerprint density at radius 1 is 1.23 bits per heavy atom. The highest BCUT2D eigenvalue weighted by molar-refractivity contribution is 5.92. The van der Waals surface area contributed by atoms with Crippen LogP contribution in [0, 0.1) is 0 Å². The number of aliphatic hydroxyl groups is 1. The van der Waals surface area contributed by atoms with Gasteiger partial charge in [0.05, 0.1) is 5.56 Å². The summed E-state index contributed by atoms with van der Waals surface area (Å²) in [6.07, 6.45) is -4.15. The lowest BCUT2D eigenvalue weighted by Gasteiger charge is -2.09. The van der Waals surface area contributed by atoms with Crippen LogP contribution in [-0.4, -0.2) is 37.8 Å². The van der Waals surface area contributed by atoms with Crippen molar-refractivity contribution in [1.82, 2.24) is 15.0 Å². The van der Waals surface area contributed by atoms with Crippen LogP contribution in [0.1, 0.15) is 22.5 Å². The van der Waals surface area contributed by atoms with E-state index in [1.165, 1.54) is 16.8 Å². The molecule has 0 fully saturated rings. The first-order valence-electron chi connectivity index (χ1n) is 6.30. The standard InChI is InChI=1S/C13H12F3N3O3/c14-13(15,16)9-4-2-8(3-5-9)11-10(12(21)22)17-18-19(11)6-1-7-20/h2-5,20H,1,6-7H2,(H,21,22). The third kappa shape index (κ3) is 3.25. The Kier molecular flexibility index (Phi) is 4.45. The summed E-state index contributed by atoms with van der Waals surface area (Å²) in [7, 11) is 0. The number of hydrogen-bond acceptors (Lipinski definition) is 4. The molecule has 2 rings (SSSR count). The molecule has 0 atom stereocenters. The number of aryl methyl sites for hydroxylation is 1. The van der Waals surface area contributed by atoms with Crippen molar-refractivity contribution in [2.75, 3.05) is 6.61 Å². The summed E-state index contributed by atoms with van der Waals surface area (Å²) in [6, 6.07) is 4.07. The zero-order valence-electron chi connectivity index (χ0n) is 11.2. The summed E-state index contributed by atoms with van der Waals surface area (Å²) in [6.45, 7) is 0.0713. The molecular formula is C13H12F3N3O3. The van der Waals surface area contributed by atoms with Gasteiger partial charge in [0.25, 0.3) is 0 Å². The van der Waals surface area contributed by atoms with Crippen LogP contribution in [0.5, 0.6) is 0 Å². The lowest BCUT2D eigenvalue weighted by Crippen LogP contribution is -2.07. The van der Waals surface area contributed by atoms with Gasteiger partial charge in [0.2, 0.25) is 0 Å². The Labute approximate surface area is 122 Å². The number of carbonyl (C=O) groups is 1. The molecule has 0 amide bonds. The minimum atomic E-state index is -4.47. The molecule has 0 aliphatic rings. The predicted octanol–water partition coefficient (Wildman–Crippen LogP) is 2.04. The monoisotopic (exact) mass is 315 g/mol. The Bertz CT molecular complexity index is 665. The van der Waals surface area contributed by atoms with E-state index in [1.807, 2.05) is 0 Å². The summed E-state index contributed by atoms with van der Waals surface area (Å²) in [5.41, 5.74) is -0.816. The number of carboxylic acid groups (broad SMARTS) is 1. The molecule has 22 heavy (non-hydrogen) atoms. The average Bonchev–Trinajstić information content (AvgIpc) is 2.88. The molecule has 6 nitrogen and oxygen atoms in total. The number of benzene rings is 1. The average molecular weight is 315 g/mol. The van der Waals surface area contributed by atoms with E-state index in [2.05, 4.69) is 10.3 Å². The normalized spacial score (nSPS) is 11.6. The van der Waals surface area contributed by atoms with Gasteiger partial charge in [0.1, 0.15) is 5.69 Å². The zero-order valence-corrected chi connectivity index (χ0v) is 11.2. The molecule has 9 heteroatoms. The maximum atomic E-state index is 12.6. The van der Waals surface area contributed by atoms with Crippen molar-refractivity contribution in [1.29, 1.82) is 0 Å². The molecule has 0 bridgehead atoms. The van der Waals surface area contributed by atoms with Gasteiger partial charge in [-0.1, -0.05) is 17.3 Å². The van der Waals surface area contributed by atoms with Gasteiger partial charge in [-0.3, -0.25) is 0 Å². The van der Waals surface area contributed by atoms with E-state index in [1.54, 1.807) is 0 Å². The van der Waals surface area contributed by atoms with Gasteiger partial charge in [-0.2, -0.15) is 13.2 Å². The fraction of sp³-hybridized carbons (Fsp3) is 0.308. The topological polar surface area (TPSA) is 88.2 Å². The van der Waals surface area contributed by atoms with Crippen molar-refractivity contribution in [3.8, 4) is 11.3 Å². The molecule has 0 saturated heterocycles. The van der Waals surface area contributed by atoms with Crippen molar-refractivity contribution < 1.29 is 28.2 Å². The van der Waals surface area contributed by atoms with E-state index >= 15 is 0 Å². The van der Waals surface area contributed by atoms with Crippen LogP contribution in [0.3, 0.4) is 0 Å². The molecule has 0 saturated carbocycles. The summed E-state index contributed by atoms with van der Waals surface area (Å²) in [5, 5.41) is 25.1. The fourth-order valence-corrected chi connectivity index (χ4v) is 1.94. The van der Waals surface area contributed by atoms with Crippen molar-refractivity contribution in [3.05, 3.63) is 35.5 Å². The first-order valence-corrected chi connectivity index (χ1v) is 6.30. The fourth-order valence-electron chi connectivity index (χ4n) is 1.94. The maximum Gasteiger partial charge on any atom is 0.416 e. The molecule has 0 aliphatic carbocycles. The molecule has 0 unspecified atom stereocenters. The third-order valence-corrected chi connectivity index (χ3v) is 2.95. The minimum absolute atomic E-state index is 0.106. The summed E-state index contributed by atoms with van der Waals surface area (Å²) < 4.78 is 38.9. The van der Waals surface area contributed by atoms with Gasteiger partial charge in [0, 0.05) is 18.7 Å². The Morgan fingerprint density at radius 2 is 1.86 bits per heavy atom. The predicted molar refractivity (Wildman–Crippen MR) is 69.1 cm³/mol.